The number of nitriles is 1. The summed E-state index contributed by atoms with van der Waals surface area (Å²) >= 11 is 0. The number of H-pyrrole nitrogens is 1. The molecule has 1 amide bonds. The summed E-state index contributed by atoms with van der Waals surface area (Å²) in [6.07, 6.45) is 0.931. The Hall–Kier alpha value is -3.60. The lowest BCUT2D eigenvalue weighted by Crippen LogP contribution is -2.30. The molecule has 0 spiro atoms. The Kier molecular flexibility index (Phi) is 8.18. The first-order valence-corrected chi connectivity index (χ1v) is 9.54. The summed E-state index contributed by atoms with van der Waals surface area (Å²) in [5, 5.41) is 11.8. The van der Waals surface area contributed by atoms with E-state index in [1.807, 2.05) is 30.3 Å². The molecule has 158 valence electrons. The normalized spacial score (nSPS) is 10.2. The predicted molar refractivity (Wildman–Crippen MR) is 110 cm³/mol. The molecular weight excluding hydrogens is 386 g/mol. The van der Waals surface area contributed by atoms with Crippen molar-refractivity contribution in [1.29, 1.82) is 5.26 Å². The minimum absolute atomic E-state index is 0.0348. The standard InChI is InChI=1S/C22H25N3O5/c1-14-17(15(2)25-22(28)18(14)12-23)8-9-21(27)30-13-20(26)24-11-10-16-6-4-5-7-19(16)29-3/h4-7H,8-11,13H2,1-3H3,(H,24,26)(H,25,28). The Morgan fingerprint density at radius 2 is 1.93 bits per heavy atom. The molecule has 0 radical (unpaired) electrons. The van der Waals surface area contributed by atoms with E-state index >= 15 is 0 Å². The fraction of sp³-hybridized carbons (Fsp3) is 0.364. The van der Waals surface area contributed by atoms with Crippen LogP contribution >= 0.6 is 0 Å². The number of esters is 1. The van der Waals surface area contributed by atoms with Crippen LogP contribution in [0.15, 0.2) is 29.1 Å². The first-order chi connectivity index (χ1) is 14.4. The van der Waals surface area contributed by atoms with Gasteiger partial charge in [0.25, 0.3) is 11.5 Å². The molecule has 8 nitrogen and oxygen atoms in total. The lowest BCUT2D eigenvalue weighted by Gasteiger charge is -2.11. The zero-order chi connectivity index (χ0) is 22.1. The van der Waals surface area contributed by atoms with Crippen LogP contribution in [-0.4, -0.2) is 37.1 Å². The van der Waals surface area contributed by atoms with E-state index < -0.39 is 11.5 Å². The molecule has 0 saturated heterocycles. The molecule has 0 aliphatic carbocycles. The zero-order valence-corrected chi connectivity index (χ0v) is 17.3. The number of benzene rings is 1. The van der Waals surface area contributed by atoms with Crippen LogP contribution in [0.2, 0.25) is 0 Å². The van der Waals surface area contributed by atoms with Gasteiger partial charge in [0, 0.05) is 18.7 Å². The largest absolute Gasteiger partial charge is 0.496 e. The molecule has 8 heteroatoms. The number of methoxy groups -OCH3 is 1. The molecule has 30 heavy (non-hydrogen) atoms. The van der Waals surface area contributed by atoms with Crippen molar-refractivity contribution >= 4 is 11.9 Å². The molecule has 0 bridgehead atoms. The van der Waals surface area contributed by atoms with E-state index in [0.29, 0.717) is 30.6 Å². The van der Waals surface area contributed by atoms with Crippen molar-refractivity contribution in [2.45, 2.75) is 33.1 Å². The topological polar surface area (TPSA) is 121 Å². The third-order valence-corrected chi connectivity index (χ3v) is 4.77. The van der Waals surface area contributed by atoms with Crippen LogP contribution in [0.3, 0.4) is 0 Å². The smallest absolute Gasteiger partial charge is 0.306 e. The molecule has 0 unspecified atom stereocenters. The molecule has 2 aromatic rings. The van der Waals surface area contributed by atoms with Crippen molar-refractivity contribution in [1.82, 2.24) is 10.3 Å². The van der Waals surface area contributed by atoms with Gasteiger partial charge >= 0.3 is 5.97 Å². The van der Waals surface area contributed by atoms with Crippen molar-refractivity contribution in [3.05, 3.63) is 62.6 Å². The number of ether oxygens (including phenoxy) is 2. The Balaban J connectivity index is 1.78. The lowest BCUT2D eigenvalue weighted by molar-refractivity contribution is -0.148. The van der Waals surface area contributed by atoms with Crippen molar-refractivity contribution in [2.75, 3.05) is 20.3 Å². The summed E-state index contributed by atoms with van der Waals surface area (Å²) in [5.41, 5.74) is 2.46. The van der Waals surface area contributed by atoms with E-state index in [-0.39, 0.29) is 24.5 Å². The summed E-state index contributed by atoms with van der Waals surface area (Å²) in [6, 6.07) is 9.42. The van der Waals surface area contributed by atoms with Gasteiger partial charge in [-0.3, -0.25) is 14.4 Å². The molecule has 0 saturated carbocycles. The number of para-hydroxylation sites is 1. The average molecular weight is 411 g/mol. The maximum atomic E-state index is 12.0. The number of nitrogens with zero attached hydrogens (tertiary/aromatic N) is 1. The van der Waals surface area contributed by atoms with Crippen molar-refractivity contribution in [2.24, 2.45) is 0 Å². The van der Waals surface area contributed by atoms with E-state index in [1.165, 1.54) is 0 Å². The fourth-order valence-electron chi connectivity index (χ4n) is 3.16. The second kappa shape index (κ2) is 10.8. The van der Waals surface area contributed by atoms with Crippen LogP contribution in [-0.2, 0) is 27.2 Å². The third-order valence-electron chi connectivity index (χ3n) is 4.77. The molecule has 0 fully saturated rings. The van der Waals surface area contributed by atoms with Gasteiger partial charge in [-0.1, -0.05) is 18.2 Å². The van der Waals surface area contributed by atoms with Crippen molar-refractivity contribution < 1.29 is 19.1 Å². The van der Waals surface area contributed by atoms with Gasteiger partial charge < -0.3 is 19.8 Å². The first-order valence-electron chi connectivity index (χ1n) is 9.54. The molecule has 0 aliphatic heterocycles. The van der Waals surface area contributed by atoms with Crippen LogP contribution in [0.1, 0.15) is 34.4 Å². The molecule has 1 heterocycles. The Morgan fingerprint density at radius 1 is 1.20 bits per heavy atom. The first kappa shape index (κ1) is 22.7. The van der Waals surface area contributed by atoms with Crippen LogP contribution in [0, 0.1) is 25.2 Å². The number of carbonyl (C=O) groups excluding carboxylic acids is 2. The fourth-order valence-corrected chi connectivity index (χ4v) is 3.16. The Morgan fingerprint density at radius 3 is 2.63 bits per heavy atom. The Labute approximate surface area is 174 Å². The predicted octanol–water partition coefficient (Wildman–Crippen LogP) is 1.71. The van der Waals surface area contributed by atoms with Crippen molar-refractivity contribution in [3.63, 3.8) is 0 Å². The quantitative estimate of drug-likeness (QED) is 0.606. The summed E-state index contributed by atoms with van der Waals surface area (Å²) < 4.78 is 10.3. The van der Waals surface area contributed by atoms with Gasteiger partial charge in [0.2, 0.25) is 0 Å². The number of carbonyl (C=O) groups is 2. The summed E-state index contributed by atoms with van der Waals surface area (Å²) in [6.45, 7) is 3.42. The summed E-state index contributed by atoms with van der Waals surface area (Å²) in [4.78, 5) is 38.3. The molecule has 2 rings (SSSR count). The second-order valence-corrected chi connectivity index (χ2v) is 6.74. The van der Waals surface area contributed by atoms with Gasteiger partial charge in [-0.2, -0.15) is 5.26 Å². The maximum Gasteiger partial charge on any atom is 0.306 e. The number of hydrogen-bond acceptors (Lipinski definition) is 6. The third kappa shape index (κ3) is 5.95. The van der Waals surface area contributed by atoms with Crippen LogP contribution in [0.5, 0.6) is 5.75 Å². The maximum absolute atomic E-state index is 12.0. The number of nitrogens with one attached hydrogen (secondary N) is 2. The van der Waals surface area contributed by atoms with Gasteiger partial charge in [0.15, 0.2) is 6.61 Å². The van der Waals surface area contributed by atoms with Gasteiger partial charge in [-0.15, -0.1) is 0 Å². The van der Waals surface area contributed by atoms with E-state index in [1.54, 1.807) is 21.0 Å². The molecule has 1 aromatic heterocycles. The van der Waals surface area contributed by atoms with Crippen molar-refractivity contribution in [3.8, 4) is 11.8 Å². The number of amides is 1. The summed E-state index contributed by atoms with van der Waals surface area (Å²) in [5.74, 6) is -0.162. The minimum atomic E-state index is -0.529. The molecule has 1 aromatic carbocycles. The molecular formula is C22H25N3O5. The highest BCUT2D eigenvalue weighted by Crippen LogP contribution is 2.17. The van der Waals surface area contributed by atoms with Crippen LogP contribution in [0.25, 0.3) is 0 Å². The number of aromatic amines is 1. The Bertz CT molecular complexity index is 1020. The molecule has 0 atom stereocenters. The van der Waals surface area contributed by atoms with E-state index in [9.17, 15) is 14.4 Å². The average Bonchev–Trinajstić information content (AvgIpc) is 2.72. The van der Waals surface area contributed by atoms with Crippen LogP contribution < -0.4 is 15.6 Å². The van der Waals surface area contributed by atoms with Crippen LogP contribution in [0.4, 0.5) is 0 Å². The zero-order valence-electron chi connectivity index (χ0n) is 17.3. The number of aryl methyl sites for hydroxylation is 1. The minimum Gasteiger partial charge on any atom is -0.496 e. The number of aromatic nitrogens is 1. The number of rotatable bonds is 9. The number of pyridine rings is 1. The SMILES string of the molecule is COc1ccccc1CCNC(=O)COC(=O)CCc1c(C)[nH]c(=O)c(C#N)c1C. The highest BCUT2D eigenvalue weighted by atomic mass is 16.5. The number of hydrogen-bond donors (Lipinski definition) is 2. The lowest BCUT2D eigenvalue weighted by atomic mass is 9.99. The van der Waals surface area contributed by atoms with E-state index in [2.05, 4.69) is 10.3 Å². The highest BCUT2D eigenvalue weighted by molar-refractivity contribution is 5.80. The summed E-state index contributed by atoms with van der Waals surface area (Å²) in [7, 11) is 1.59. The monoisotopic (exact) mass is 411 g/mol. The van der Waals surface area contributed by atoms with Gasteiger partial charge in [0.05, 0.1) is 7.11 Å². The molecule has 0 aliphatic rings. The van der Waals surface area contributed by atoms with Gasteiger partial charge in [-0.05, 0) is 49.4 Å². The van der Waals surface area contributed by atoms with E-state index in [0.717, 1.165) is 16.9 Å². The van der Waals surface area contributed by atoms with Gasteiger partial charge in [-0.25, -0.2) is 0 Å². The molecule has 2 N–H and O–H groups in total. The second-order valence-electron chi connectivity index (χ2n) is 6.74. The van der Waals surface area contributed by atoms with Gasteiger partial charge in [0.1, 0.15) is 17.4 Å². The van der Waals surface area contributed by atoms with E-state index in [4.69, 9.17) is 14.7 Å². The highest BCUT2D eigenvalue weighted by Gasteiger charge is 2.14.